The van der Waals surface area contributed by atoms with Gasteiger partial charge < -0.3 is 14.6 Å². The molecule has 0 aromatic heterocycles. The summed E-state index contributed by atoms with van der Waals surface area (Å²) in [5, 5.41) is 9.40. The number of hydrogen-bond donors (Lipinski definition) is 1. The molecule has 18 heavy (non-hydrogen) atoms. The summed E-state index contributed by atoms with van der Waals surface area (Å²) >= 11 is 0. The number of carbonyl (C=O) groups is 1. The highest BCUT2D eigenvalue weighted by atomic mass is 16.5. The third-order valence-electron chi connectivity index (χ3n) is 2.65. The Labute approximate surface area is 107 Å². The van der Waals surface area contributed by atoms with Crippen molar-refractivity contribution in [3.63, 3.8) is 0 Å². The van der Waals surface area contributed by atoms with Crippen LogP contribution in [0.1, 0.15) is 17.0 Å². The number of aliphatic hydroxyl groups is 1. The average molecular weight is 250 g/mol. The molecule has 1 aromatic rings. The zero-order chi connectivity index (χ0) is 13.5. The second-order valence-corrected chi connectivity index (χ2v) is 3.92. The zero-order valence-corrected chi connectivity index (χ0v) is 10.8. The van der Waals surface area contributed by atoms with Gasteiger partial charge in [-0.1, -0.05) is 18.2 Å². The van der Waals surface area contributed by atoms with Gasteiger partial charge in [0.1, 0.15) is 5.75 Å². The molecule has 0 unspecified atom stereocenters. The van der Waals surface area contributed by atoms with Crippen molar-refractivity contribution in [3.05, 3.63) is 41.5 Å². The van der Waals surface area contributed by atoms with Crippen LogP contribution in [-0.4, -0.2) is 31.9 Å². The number of benzene rings is 1. The molecule has 1 N–H and O–H groups in total. The lowest BCUT2D eigenvalue weighted by atomic mass is 9.97. The first-order valence-corrected chi connectivity index (χ1v) is 5.64. The minimum atomic E-state index is -0.445. The average Bonchev–Trinajstić information content (AvgIpc) is 2.40. The molecular formula is C14H18O4. The molecule has 1 aromatic carbocycles. The van der Waals surface area contributed by atoms with E-state index in [1.807, 2.05) is 25.1 Å². The summed E-state index contributed by atoms with van der Waals surface area (Å²) in [6, 6.07) is 5.72. The van der Waals surface area contributed by atoms with Crippen LogP contribution in [0, 0.1) is 6.92 Å². The number of esters is 1. The predicted octanol–water partition coefficient (Wildman–Crippen LogP) is 1.81. The highest BCUT2D eigenvalue weighted by Gasteiger charge is 2.13. The summed E-state index contributed by atoms with van der Waals surface area (Å²) in [6.45, 7) is 1.86. The van der Waals surface area contributed by atoms with Crippen LogP contribution in [0.4, 0.5) is 0 Å². The van der Waals surface area contributed by atoms with Crippen molar-refractivity contribution in [3.8, 4) is 5.75 Å². The highest BCUT2D eigenvalue weighted by molar-refractivity contribution is 5.81. The summed E-state index contributed by atoms with van der Waals surface area (Å²) in [5.74, 6) is -0.0391. The van der Waals surface area contributed by atoms with Crippen LogP contribution in [0.3, 0.4) is 0 Å². The summed E-state index contributed by atoms with van der Waals surface area (Å²) in [6.07, 6.45) is 2.92. The standard InChI is InChI=1S/C14H18O4/c1-10-4-6-12(13(8-10)17-2)11(9-15)5-7-14(16)18-3/h4-8,11,15H,9H2,1-3H3/b7-5+/t11-/m0/s1. The first kappa shape index (κ1) is 14.3. The van der Waals surface area contributed by atoms with Gasteiger partial charge in [-0.3, -0.25) is 0 Å². The van der Waals surface area contributed by atoms with E-state index in [1.165, 1.54) is 13.2 Å². The van der Waals surface area contributed by atoms with Crippen molar-refractivity contribution in [1.82, 2.24) is 0 Å². The number of ether oxygens (including phenoxy) is 2. The van der Waals surface area contributed by atoms with Crippen LogP contribution >= 0.6 is 0 Å². The Morgan fingerprint density at radius 2 is 2.17 bits per heavy atom. The minimum absolute atomic E-state index is 0.104. The van der Waals surface area contributed by atoms with Crippen molar-refractivity contribution in [2.24, 2.45) is 0 Å². The molecule has 0 bridgehead atoms. The molecule has 0 aliphatic rings. The van der Waals surface area contributed by atoms with Crippen molar-refractivity contribution < 1.29 is 19.4 Å². The highest BCUT2D eigenvalue weighted by Crippen LogP contribution is 2.28. The summed E-state index contributed by atoms with van der Waals surface area (Å²) in [4.78, 5) is 11.1. The fourth-order valence-corrected chi connectivity index (χ4v) is 1.65. The van der Waals surface area contributed by atoms with E-state index >= 15 is 0 Å². The van der Waals surface area contributed by atoms with Crippen LogP contribution in [-0.2, 0) is 9.53 Å². The lowest BCUT2D eigenvalue weighted by molar-refractivity contribution is -0.134. The van der Waals surface area contributed by atoms with E-state index in [1.54, 1.807) is 13.2 Å². The Hall–Kier alpha value is -1.81. The van der Waals surface area contributed by atoms with Gasteiger partial charge in [-0.2, -0.15) is 0 Å². The van der Waals surface area contributed by atoms with Crippen LogP contribution < -0.4 is 4.74 Å². The molecular weight excluding hydrogens is 232 g/mol. The largest absolute Gasteiger partial charge is 0.496 e. The number of aliphatic hydroxyl groups excluding tert-OH is 1. The molecule has 0 aliphatic heterocycles. The van der Waals surface area contributed by atoms with Crippen molar-refractivity contribution in [2.45, 2.75) is 12.8 Å². The molecule has 0 radical (unpaired) electrons. The predicted molar refractivity (Wildman–Crippen MR) is 68.7 cm³/mol. The lowest BCUT2D eigenvalue weighted by Gasteiger charge is -2.15. The Balaban J connectivity index is 3.01. The molecule has 1 rings (SSSR count). The topological polar surface area (TPSA) is 55.8 Å². The first-order valence-electron chi connectivity index (χ1n) is 5.64. The molecule has 0 fully saturated rings. The maximum atomic E-state index is 11.1. The third kappa shape index (κ3) is 3.60. The second kappa shape index (κ2) is 6.81. The molecule has 1 atom stereocenters. The molecule has 0 heterocycles. The Bertz CT molecular complexity index is 437. The van der Waals surface area contributed by atoms with Gasteiger partial charge in [0.2, 0.25) is 0 Å². The molecule has 0 saturated heterocycles. The van der Waals surface area contributed by atoms with Gasteiger partial charge in [0, 0.05) is 17.6 Å². The van der Waals surface area contributed by atoms with Crippen LogP contribution in [0.15, 0.2) is 30.4 Å². The summed E-state index contributed by atoms with van der Waals surface area (Å²) in [5.41, 5.74) is 1.91. The van der Waals surface area contributed by atoms with Crippen molar-refractivity contribution in [1.29, 1.82) is 0 Å². The zero-order valence-electron chi connectivity index (χ0n) is 10.8. The van der Waals surface area contributed by atoms with Crippen LogP contribution in [0.5, 0.6) is 5.75 Å². The fraction of sp³-hybridized carbons (Fsp3) is 0.357. The van der Waals surface area contributed by atoms with Gasteiger partial charge in [0.25, 0.3) is 0 Å². The molecule has 0 aliphatic carbocycles. The Kier molecular flexibility index (Phi) is 5.39. The van der Waals surface area contributed by atoms with E-state index in [2.05, 4.69) is 4.74 Å². The second-order valence-electron chi connectivity index (χ2n) is 3.92. The quantitative estimate of drug-likeness (QED) is 0.639. The molecule has 4 heteroatoms. The van der Waals surface area contributed by atoms with Gasteiger partial charge in [0.15, 0.2) is 0 Å². The van der Waals surface area contributed by atoms with E-state index in [9.17, 15) is 9.90 Å². The van der Waals surface area contributed by atoms with Gasteiger partial charge in [-0.05, 0) is 18.6 Å². The lowest BCUT2D eigenvalue weighted by Crippen LogP contribution is -2.05. The van der Waals surface area contributed by atoms with Gasteiger partial charge >= 0.3 is 5.97 Å². The monoisotopic (exact) mass is 250 g/mol. The smallest absolute Gasteiger partial charge is 0.330 e. The summed E-state index contributed by atoms with van der Waals surface area (Å²) in [7, 11) is 2.89. The summed E-state index contributed by atoms with van der Waals surface area (Å²) < 4.78 is 9.80. The van der Waals surface area contributed by atoms with Crippen molar-refractivity contribution in [2.75, 3.05) is 20.8 Å². The SMILES string of the molecule is COC(=O)/C=C/[C@@H](CO)c1ccc(C)cc1OC. The Morgan fingerprint density at radius 3 is 2.72 bits per heavy atom. The maximum Gasteiger partial charge on any atom is 0.330 e. The van der Waals surface area contributed by atoms with E-state index in [0.717, 1.165) is 11.1 Å². The van der Waals surface area contributed by atoms with Gasteiger partial charge in [-0.15, -0.1) is 0 Å². The third-order valence-corrected chi connectivity index (χ3v) is 2.65. The number of aryl methyl sites for hydroxylation is 1. The molecule has 98 valence electrons. The van der Waals surface area contributed by atoms with Gasteiger partial charge in [0.05, 0.1) is 20.8 Å². The Morgan fingerprint density at radius 1 is 1.44 bits per heavy atom. The first-order chi connectivity index (χ1) is 8.62. The maximum absolute atomic E-state index is 11.1. The number of carbonyl (C=O) groups excluding carboxylic acids is 1. The van der Waals surface area contributed by atoms with Crippen molar-refractivity contribution >= 4 is 5.97 Å². The minimum Gasteiger partial charge on any atom is -0.496 e. The normalized spacial score (nSPS) is 12.4. The van der Waals surface area contributed by atoms with E-state index in [4.69, 9.17) is 4.74 Å². The van der Waals surface area contributed by atoms with Crippen LogP contribution in [0.2, 0.25) is 0 Å². The number of hydrogen-bond acceptors (Lipinski definition) is 4. The molecule has 0 spiro atoms. The molecule has 0 amide bonds. The fourth-order valence-electron chi connectivity index (χ4n) is 1.65. The van der Waals surface area contributed by atoms with E-state index < -0.39 is 5.97 Å². The number of rotatable bonds is 5. The van der Waals surface area contributed by atoms with Crippen LogP contribution in [0.25, 0.3) is 0 Å². The number of methoxy groups -OCH3 is 2. The molecule has 0 saturated carbocycles. The molecule has 4 nitrogen and oxygen atoms in total. The van der Waals surface area contributed by atoms with Gasteiger partial charge in [-0.25, -0.2) is 4.79 Å². The van der Waals surface area contributed by atoms with E-state index in [0.29, 0.717) is 5.75 Å². The van der Waals surface area contributed by atoms with E-state index in [-0.39, 0.29) is 12.5 Å².